The lowest BCUT2D eigenvalue weighted by atomic mass is 10.1. The van der Waals surface area contributed by atoms with Crippen LogP contribution in [0.2, 0.25) is 0 Å². The number of halogens is 2. The molecule has 0 bridgehead atoms. The molecule has 0 aliphatic heterocycles. The van der Waals surface area contributed by atoms with Gasteiger partial charge in [-0.1, -0.05) is 0 Å². The zero-order valence-corrected chi connectivity index (χ0v) is 9.50. The Hall–Kier alpha value is -1.20. The first-order chi connectivity index (χ1) is 7.76. The molecule has 0 aromatic carbocycles. The summed E-state index contributed by atoms with van der Waals surface area (Å²) in [6.07, 6.45) is 0.960. The van der Waals surface area contributed by atoms with Gasteiger partial charge in [0, 0.05) is 12.5 Å². The lowest BCUT2D eigenvalue weighted by molar-refractivity contribution is -0.141. The second kappa shape index (κ2) is 3.65. The smallest absolute Gasteiger partial charge is 0.306 e. The minimum atomic E-state index is -2.91. The molecule has 1 amide bonds. The SMILES string of the molecule is CC1(C(=O)N[C@@H]2CC[C@H](C(=O)O)C2)CC1(F)F. The number of aliphatic carboxylic acids is 1. The molecular weight excluding hydrogens is 232 g/mol. The van der Waals surface area contributed by atoms with Crippen molar-refractivity contribution in [2.24, 2.45) is 11.3 Å². The molecular formula is C11H15F2NO3. The molecule has 1 unspecified atom stereocenters. The van der Waals surface area contributed by atoms with Crippen molar-refractivity contribution in [3.05, 3.63) is 0 Å². The highest BCUT2D eigenvalue weighted by Crippen LogP contribution is 2.60. The first-order valence-corrected chi connectivity index (χ1v) is 5.68. The molecule has 0 radical (unpaired) electrons. The number of hydrogen-bond donors (Lipinski definition) is 2. The van der Waals surface area contributed by atoms with Gasteiger partial charge >= 0.3 is 5.97 Å². The van der Waals surface area contributed by atoms with Crippen molar-refractivity contribution in [2.45, 2.75) is 44.6 Å². The normalized spacial score (nSPS) is 38.8. The van der Waals surface area contributed by atoms with Crippen LogP contribution in [0.15, 0.2) is 0 Å². The summed E-state index contributed by atoms with van der Waals surface area (Å²) in [5.74, 6) is -4.92. The van der Waals surface area contributed by atoms with Crippen molar-refractivity contribution < 1.29 is 23.5 Å². The van der Waals surface area contributed by atoms with Crippen LogP contribution in [0.4, 0.5) is 8.78 Å². The number of hydrogen-bond acceptors (Lipinski definition) is 2. The molecule has 0 spiro atoms. The van der Waals surface area contributed by atoms with E-state index in [4.69, 9.17) is 5.11 Å². The number of carboxylic acids is 1. The average Bonchev–Trinajstić information content (AvgIpc) is 2.63. The van der Waals surface area contributed by atoms with Gasteiger partial charge in [-0.3, -0.25) is 9.59 Å². The van der Waals surface area contributed by atoms with Gasteiger partial charge in [0.25, 0.3) is 5.92 Å². The summed E-state index contributed by atoms with van der Waals surface area (Å²) >= 11 is 0. The van der Waals surface area contributed by atoms with E-state index >= 15 is 0 Å². The third kappa shape index (κ3) is 2.00. The summed E-state index contributed by atoms with van der Waals surface area (Å²) in [5.41, 5.74) is -1.59. The molecule has 6 heteroatoms. The Morgan fingerprint density at radius 3 is 2.35 bits per heavy atom. The molecule has 2 saturated carbocycles. The third-order valence-electron chi connectivity index (χ3n) is 3.88. The zero-order chi connectivity index (χ0) is 12.8. The summed E-state index contributed by atoms with van der Waals surface area (Å²) in [7, 11) is 0. The van der Waals surface area contributed by atoms with Gasteiger partial charge in [-0.05, 0) is 26.2 Å². The van der Waals surface area contributed by atoms with Crippen LogP contribution in [0.25, 0.3) is 0 Å². The zero-order valence-electron chi connectivity index (χ0n) is 9.50. The minimum Gasteiger partial charge on any atom is -0.481 e. The lowest BCUT2D eigenvalue weighted by Crippen LogP contribution is -2.39. The van der Waals surface area contributed by atoms with Crippen LogP contribution >= 0.6 is 0 Å². The Morgan fingerprint density at radius 1 is 1.35 bits per heavy atom. The van der Waals surface area contributed by atoms with Gasteiger partial charge in [0.05, 0.1) is 5.92 Å². The summed E-state index contributed by atoms with van der Waals surface area (Å²) in [5, 5.41) is 11.3. The highest BCUT2D eigenvalue weighted by molar-refractivity contribution is 5.87. The second-order valence-electron chi connectivity index (χ2n) is 5.23. The number of rotatable bonds is 3. The Morgan fingerprint density at radius 2 is 1.94 bits per heavy atom. The van der Waals surface area contributed by atoms with E-state index < -0.39 is 35.6 Å². The van der Waals surface area contributed by atoms with Crippen molar-refractivity contribution >= 4 is 11.9 Å². The molecule has 0 saturated heterocycles. The minimum absolute atomic E-state index is 0.281. The maximum absolute atomic E-state index is 13.0. The van der Waals surface area contributed by atoms with E-state index in [1.807, 2.05) is 0 Å². The molecule has 2 fully saturated rings. The molecule has 17 heavy (non-hydrogen) atoms. The largest absolute Gasteiger partial charge is 0.481 e. The third-order valence-corrected chi connectivity index (χ3v) is 3.88. The molecule has 2 rings (SSSR count). The van der Waals surface area contributed by atoms with Gasteiger partial charge in [-0.15, -0.1) is 0 Å². The van der Waals surface area contributed by atoms with Crippen molar-refractivity contribution in [3.8, 4) is 0 Å². The Balaban J connectivity index is 1.88. The quantitative estimate of drug-likeness (QED) is 0.792. The van der Waals surface area contributed by atoms with E-state index in [9.17, 15) is 18.4 Å². The lowest BCUT2D eigenvalue weighted by Gasteiger charge is -2.16. The van der Waals surface area contributed by atoms with Gasteiger partial charge in [0.1, 0.15) is 5.41 Å². The maximum atomic E-state index is 13.0. The van der Waals surface area contributed by atoms with Crippen molar-refractivity contribution in [3.63, 3.8) is 0 Å². The summed E-state index contributed by atoms with van der Waals surface area (Å²) in [6, 6.07) is -0.281. The molecule has 2 aliphatic carbocycles. The molecule has 2 aliphatic rings. The molecule has 3 atom stereocenters. The molecule has 96 valence electrons. The Bertz CT molecular complexity index is 372. The van der Waals surface area contributed by atoms with Crippen molar-refractivity contribution in [1.29, 1.82) is 0 Å². The molecule has 0 heterocycles. The van der Waals surface area contributed by atoms with E-state index in [1.165, 1.54) is 6.92 Å². The van der Waals surface area contributed by atoms with E-state index in [2.05, 4.69) is 5.32 Å². The average molecular weight is 247 g/mol. The first-order valence-electron chi connectivity index (χ1n) is 5.68. The second-order valence-corrected chi connectivity index (χ2v) is 5.23. The molecule has 2 N–H and O–H groups in total. The molecule has 0 aromatic rings. The molecule has 0 aromatic heterocycles. The van der Waals surface area contributed by atoms with Gasteiger partial charge in [0.15, 0.2) is 0 Å². The monoisotopic (exact) mass is 247 g/mol. The van der Waals surface area contributed by atoms with Gasteiger partial charge < -0.3 is 10.4 Å². The van der Waals surface area contributed by atoms with Crippen LogP contribution in [0, 0.1) is 11.3 Å². The number of nitrogens with one attached hydrogen (secondary N) is 1. The fraction of sp³-hybridized carbons (Fsp3) is 0.818. The number of amides is 1. The highest BCUT2D eigenvalue weighted by Gasteiger charge is 2.72. The molecule has 4 nitrogen and oxygen atoms in total. The summed E-state index contributed by atoms with van der Waals surface area (Å²) < 4.78 is 25.9. The van der Waals surface area contributed by atoms with E-state index in [1.54, 1.807) is 0 Å². The summed E-state index contributed by atoms with van der Waals surface area (Å²) in [4.78, 5) is 22.3. The van der Waals surface area contributed by atoms with Gasteiger partial charge in [-0.25, -0.2) is 8.78 Å². The fourth-order valence-electron chi connectivity index (χ4n) is 2.33. The van der Waals surface area contributed by atoms with Crippen LogP contribution < -0.4 is 5.32 Å². The van der Waals surface area contributed by atoms with Crippen molar-refractivity contribution in [1.82, 2.24) is 5.32 Å². The van der Waals surface area contributed by atoms with Gasteiger partial charge in [0.2, 0.25) is 5.91 Å². The predicted octanol–water partition coefficient (Wildman–Crippen LogP) is 1.40. The van der Waals surface area contributed by atoms with E-state index in [-0.39, 0.29) is 6.04 Å². The number of carbonyl (C=O) groups excluding carboxylic acids is 1. The first kappa shape index (κ1) is 12.3. The topological polar surface area (TPSA) is 66.4 Å². The van der Waals surface area contributed by atoms with Crippen LogP contribution in [0.3, 0.4) is 0 Å². The number of alkyl halides is 2. The Kier molecular flexibility index (Phi) is 2.63. The maximum Gasteiger partial charge on any atom is 0.306 e. The fourth-order valence-corrected chi connectivity index (χ4v) is 2.33. The van der Waals surface area contributed by atoms with Crippen LogP contribution in [0.5, 0.6) is 0 Å². The van der Waals surface area contributed by atoms with Crippen LogP contribution in [-0.4, -0.2) is 28.9 Å². The standard InChI is InChI=1S/C11H15F2NO3/c1-10(5-11(10,12)13)9(17)14-7-3-2-6(4-7)8(15)16/h6-7H,2-5H2,1H3,(H,14,17)(H,15,16)/t6-,7+,10?/m0/s1. The van der Waals surface area contributed by atoms with Crippen LogP contribution in [0.1, 0.15) is 32.6 Å². The van der Waals surface area contributed by atoms with E-state index in [0.29, 0.717) is 19.3 Å². The predicted molar refractivity (Wildman–Crippen MR) is 54.6 cm³/mol. The highest BCUT2D eigenvalue weighted by atomic mass is 19.3. The van der Waals surface area contributed by atoms with Gasteiger partial charge in [-0.2, -0.15) is 0 Å². The van der Waals surface area contributed by atoms with Crippen LogP contribution in [-0.2, 0) is 9.59 Å². The Labute approximate surface area is 97.4 Å². The van der Waals surface area contributed by atoms with Crippen molar-refractivity contribution in [2.75, 3.05) is 0 Å². The van der Waals surface area contributed by atoms with E-state index in [0.717, 1.165) is 0 Å². The number of carboxylic acid groups (broad SMARTS) is 1. The summed E-state index contributed by atoms with van der Waals surface area (Å²) in [6.45, 7) is 1.24. The number of carbonyl (C=O) groups is 2.